The Morgan fingerprint density at radius 2 is 1.44 bits per heavy atom. The van der Waals surface area contributed by atoms with Crippen molar-refractivity contribution in [1.82, 2.24) is 36.8 Å². The molecule has 4 atom stereocenters. The number of unbranched alkanes of at least 4 members (excludes halogenated alkanes) is 1. The zero-order chi connectivity index (χ0) is 37.3. The zero-order valence-electron chi connectivity index (χ0n) is 30.7. The highest BCUT2D eigenvalue weighted by atomic mass is 16.2. The van der Waals surface area contributed by atoms with Gasteiger partial charge in [0.2, 0.25) is 23.6 Å². The Morgan fingerprint density at radius 1 is 0.808 bits per heavy atom. The number of benzene rings is 2. The van der Waals surface area contributed by atoms with Crippen LogP contribution in [0, 0.1) is 5.92 Å². The second-order valence-electron chi connectivity index (χ2n) is 14.2. The molecule has 2 aromatic rings. The third-order valence-electron chi connectivity index (χ3n) is 9.87. The molecule has 0 aromatic heterocycles. The molecule has 52 heavy (non-hydrogen) atoms. The molecule has 0 unspecified atom stereocenters. The van der Waals surface area contributed by atoms with Gasteiger partial charge in [-0.05, 0) is 68.0 Å². The minimum Gasteiger partial charge on any atom is -0.343 e. The summed E-state index contributed by atoms with van der Waals surface area (Å²) in [6, 6.07) is 16.6. The lowest BCUT2D eigenvalue weighted by molar-refractivity contribution is -0.138. The van der Waals surface area contributed by atoms with Crippen LogP contribution in [0.15, 0.2) is 60.7 Å². The van der Waals surface area contributed by atoms with Crippen LogP contribution in [0.3, 0.4) is 0 Å². The van der Waals surface area contributed by atoms with Gasteiger partial charge < -0.3 is 42.5 Å². The second kappa shape index (κ2) is 21.1. The van der Waals surface area contributed by atoms with E-state index in [-0.39, 0.29) is 42.8 Å². The van der Waals surface area contributed by atoms with Gasteiger partial charge in [-0.15, -0.1) is 0 Å². The van der Waals surface area contributed by atoms with Gasteiger partial charge in [-0.1, -0.05) is 80.4 Å². The van der Waals surface area contributed by atoms with E-state index in [0.717, 1.165) is 18.4 Å². The van der Waals surface area contributed by atoms with Crippen molar-refractivity contribution in [3.05, 3.63) is 71.8 Å². The first-order valence-corrected chi connectivity index (χ1v) is 18.8. The topological polar surface area (TPSA) is 187 Å². The van der Waals surface area contributed by atoms with Gasteiger partial charge in [0.1, 0.15) is 18.1 Å². The van der Waals surface area contributed by atoms with E-state index in [0.29, 0.717) is 70.6 Å². The molecule has 6 amide bonds. The highest BCUT2D eigenvalue weighted by Gasteiger charge is 2.35. The Bertz CT molecular complexity index is 1430. The van der Waals surface area contributed by atoms with E-state index < -0.39 is 29.9 Å². The molecule has 0 spiro atoms. The number of carbonyl (C=O) groups is 5. The second-order valence-corrected chi connectivity index (χ2v) is 14.2. The molecule has 0 radical (unpaired) electrons. The third-order valence-corrected chi connectivity index (χ3v) is 9.87. The van der Waals surface area contributed by atoms with Crippen molar-refractivity contribution >= 4 is 29.7 Å². The molecule has 284 valence electrons. The predicted molar refractivity (Wildman–Crippen MR) is 201 cm³/mol. The first kappa shape index (κ1) is 40.3. The lowest BCUT2D eigenvalue weighted by atomic mass is 10.0. The maximum atomic E-state index is 13.9. The van der Waals surface area contributed by atoms with Crippen molar-refractivity contribution in [2.24, 2.45) is 11.7 Å². The zero-order valence-corrected chi connectivity index (χ0v) is 30.7. The number of likely N-dealkylation sites (tertiary alicyclic amines) is 1. The largest absolute Gasteiger partial charge is 0.343 e. The number of urea groups is 1. The summed E-state index contributed by atoms with van der Waals surface area (Å²) in [5.41, 5.74) is 7.78. The van der Waals surface area contributed by atoms with Crippen molar-refractivity contribution < 1.29 is 24.0 Å². The Kier molecular flexibility index (Phi) is 16.4. The molecular weight excluding hydrogens is 660 g/mol. The Balaban J connectivity index is 1.40. The van der Waals surface area contributed by atoms with Crippen LogP contribution in [-0.2, 0) is 25.6 Å². The number of nitrogens with zero attached hydrogens (tertiary/aromatic N) is 1. The molecule has 1 saturated heterocycles. The Morgan fingerprint density at radius 3 is 2.08 bits per heavy atom. The molecule has 1 saturated carbocycles. The van der Waals surface area contributed by atoms with Crippen molar-refractivity contribution in [3.63, 3.8) is 0 Å². The smallest absolute Gasteiger partial charge is 0.314 e. The molecule has 1 heterocycles. The van der Waals surface area contributed by atoms with E-state index in [1.54, 1.807) is 11.9 Å². The maximum absolute atomic E-state index is 13.9. The summed E-state index contributed by atoms with van der Waals surface area (Å²) in [6.07, 6.45) is 5.64. The van der Waals surface area contributed by atoms with Crippen molar-refractivity contribution in [3.8, 4) is 0 Å². The minimum atomic E-state index is -0.913. The first-order chi connectivity index (χ1) is 25.2. The van der Waals surface area contributed by atoms with Crippen LogP contribution in [0.5, 0.6) is 0 Å². The van der Waals surface area contributed by atoms with E-state index in [1.165, 1.54) is 5.56 Å². The number of nitrogens with two attached hydrogens (primary N) is 1. The average molecular weight is 719 g/mol. The summed E-state index contributed by atoms with van der Waals surface area (Å²) in [4.78, 5) is 68.3. The van der Waals surface area contributed by atoms with Gasteiger partial charge in [0.05, 0.1) is 6.54 Å². The molecule has 13 heteroatoms. The number of amides is 6. The van der Waals surface area contributed by atoms with E-state index >= 15 is 0 Å². The third kappa shape index (κ3) is 13.6. The van der Waals surface area contributed by atoms with Gasteiger partial charge in [0, 0.05) is 39.1 Å². The maximum Gasteiger partial charge on any atom is 0.314 e. The predicted octanol–water partition coefficient (Wildman–Crippen LogP) is 1.93. The molecule has 2 fully saturated rings. The first-order valence-electron chi connectivity index (χ1n) is 18.8. The highest BCUT2D eigenvalue weighted by molar-refractivity contribution is 5.94. The SMILES string of the molecule is CNC(=O)NC1CCN(C(=O)[C@@H](CCCCN)NC(=O)[C@@H](CC2CC2)NC(=O)[C@@H](Cc2ccccc2)NC(=O)CNC[C@H](C)c2ccccc2)CC1. The number of carbonyl (C=O) groups excluding carboxylic acids is 5. The minimum absolute atomic E-state index is 0.0352. The standard InChI is InChI=1S/C39H58N8O5/c1-27(30-13-7-4-8-14-30)25-42-26-35(48)44-33(23-28-11-5-3-6-12-28)36(49)46-34(24-29-16-17-29)37(50)45-32(15-9-10-20-40)38(51)47-21-18-31(19-22-47)43-39(52)41-2/h3-8,11-14,27,29,31-34,42H,9-10,15-26,40H2,1-2H3,(H,44,48)(H,45,50)(H,46,49)(H2,41,43,52)/t27-,32+,33+,34+/m0/s1. The van der Waals surface area contributed by atoms with Crippen molar-refractivity contribution in [2.45, 2.75) is 94.8 Å². The average Bonchev–Trinajstić information content (AvgIpc) is 3.98. The molecular formula is C39H58N8O5. The van der Waals surface area contributed by atoms with Gasteiger partial charge in [-0.25, -0.2) is 4.79 Å². The monoisotopic (exact) mass is 718 g/mol. The van der Waals surface area contributed by atoms with Gasteiger partial charge in [-0.3, -0.25) is 19.2 Å². The molecule has 8 N–H and O–H groups in total. The summed E-state index contributed by atoms with van der Waals surface area (Å²) in [5.74, 6) is -0.866. The van der Waals surface area contributed by atoms with E-state index in [4.69, 9.17) is 5.73 Å². The van der Waals surface area contributed by atoms with E-state index in [2.05, 4.69) is 51.0 Å². The fourth-order valence-corrected chi connectivity index (χ4v) is 6.54. The molecule has 4 rings (SSSR count). The van der Waals surface area contributed by atoms with Crippen LogP contribution in [0.25, 0.3) is 0 Å². The van der Waals surface area contributed by atoms with Crippen molar-refractivity contribution in [2.75, 3.05) is 39.8 Å². The molecule has 1 aliphatic carbocycles. The number of rotatable bonds is 20. The molecule has 0 bridgehead atoms. The van der Waals surface area contributed by atoms with Crippen LogP contribution in [0.4, 0.5) is 4.79 Å². The van der Waals surface area contributed by atoms with Crippen LogP contribution in [0.1, 0.15) is 75.3 Å². The fraction of sp³-hybridized carbons (Fsp3) is 0.564. The van der Waals surface area contributed by atoms with Crippen LogP contribution >= 0.6 is 0 Å². The van der Waals surface area contributed by atoms with Crippen LogP contribution < -0.4 is 37.6 Å². The van der Waals surface area contributed by atoms with Gasteiger partial charge in [0.15, 0.2) is 0 Å². The highest BCUT2D eigenvalue weighted by Crippen LogP contribution is 2.33. The van der Waals surface area contributed by atoms with Crippen molar-refractivity contribution in [1.29, 1.82) is 0 Å². The quantitative estimate of drug-likeness (QED) is 0.102. The Labute approximate surface area is 308 Å². The van der Waals surface area contributed by atoms with Gasteiger partial charge in [-0.2, -0.15) is 0 Å². The summed E-state index contributed by atoms with van der Waals surface area (Å²) in [6.45, 7) is 4.10. The van der Waals surface area contributed by atoms with E-state index in [1.807, 2.05) is 48.5 Å². The molecule has 2 aromatic carbocycles. The lowest BCUT2D eigenvalue weighted by Crippen LogP contribution is -2.58. The molecule has 2 aliphatic rings. The summed E-state index contributed by atoms with van der Waals surface area (Å²) >= 11 is 0. The summed E-state index contributed by atoms with van der Waals surface area (Å²) in [5, 5.41) is 17.5. The number of piperidine rings is 1. The van der Waals surface area contributed by atoms with Gasteiger partial charge >= 0.3 is 6.03 Å². The lowest BCUT2D eigenvalue weighted by Gasteiger charge is -2.35. The number of hydrogen-bond donors (Lipinski definition) is 7. The Hall–Kier alpha value is -4.49. The summed E-state index contributed by atoms with van der Waals surface area (Å²) in [7, 11) is 1.56. The fourth-order valence-electron chi connectivity index (χ4n) is 6.54. The number of hydrogen-bond acceptors (Lipinski definition) is 7. The van der Waals surface area contributed by atoms with E-state index in [9.17, 15) is 24.0 Å². The van der Waals surface area contributed by atoms with Crippen LogP contribution in [0.2, 0.25) is 0 Å². The molecule has 13 nitrogen and oxygen atoms in total. The normalized spacial score (nSPS) is 16.9. The molecule has 1 aliphatic heterocycles. The number of nitrogens with one attached hydrogen (secondary N) is 6. The van der Waals surface area contributed by atoms with Gasteiger partial charge in [0.25, 0.3) is 0 Å². The van der Waals surface area contributed by atoms with Crippen LogP contribution in [-0.4, -0.2) is 98.5 Å². The summed E-state index contributed by atoms with van der Waals surface area (Å²) < 4.78 is 0.